The maximum absolute atomic E-state index is 13.5. The number of aromatic amines is 1. The van der Waals surface area contributed by atoms with Gasteiger partial charge in [-0.15, -0.1) is 0 Å². The summed E-state index contributed by atoms with van der Waals surface area (Å²) in [6, 6.07) is 4.96. The highest BCUT2D eigenvalue weighted by Gasteiger charge is 2.20. The first-order chi connectivity index (χ1) is 14.3. The van der Waals surface area contributed by atoms with Crippen LogP contribution in [0, 0.1) is 5.82 Å². The van der Waals surface area contributed by atoms with Crippen molar-refractivity contribution in [3.8, 4) is 0 Å². The average Bonchev–Trinajstić information content (AvgIpc) is 3.16. The number of nitrogens with zero attached hydrogens (tertiary/aromatic N) is 4. The molecule has 5 nitrogen and oxygen atoms in total. The Bertz CT molecular complexity index is 990. The molecule has 0 radical (unpaired) electrons. The molecule has 1 saturated heterocycles. The van der Waals surface area contributed by atoms with E-state index in [1.807, 2.05) is 18.5 Å². The lowest BCUT2D eigenvalue weighted by atomic mass is 9.98. The molecule has 0 unspecified atom stereocenters. The predicted molar refractivity (Wildman–Crippen MR) is 114 cm³/mol. The maximum Gasteiger partial charge on any atom is 0.225 e. The number of anilines is 1. The summed E-state index contributed by atoms with van der Waals surface area (Å²) < 4.78 is 13.5. The molecule has 3 aromatic rings. The van der Waals surface area contributed by atoms with E-state index in [1.165, 1.54) is 35.7 Å². The second-order valence-corrected chi connectivity index (χ2v) is 8.29. The molecule has 29 heavy (non-hydrogen) atoms. The third kappa shape index (κ3) is 3.99. The molecule has 2 aliphatic rings. The SMILES string of the molecule is Fc1ccc2[nH]cc(CCCN3CCN(c4ncc5c(n4)CCCC5)CC3)c2c1. The molecule has 0 spiro atoms. The fourth-order valence-electron chi connectivity index (χ4n) is 4.64. The van der Waals surface area contributed by atoms with Crippen molar-refractivity contribution in [3.63, 3.8) is 0 Å². The van der Waals surface area contributed by atoms with E-state index in [1.54, 1.807) is 6.07 Å². The molecule has 2 aromatic heterocycles. The number of halogens is 1. The van der Waals surface area contributed by atoms with Gasteiger partial charge in [-0.3, -0.25) is 4.90 Å². The lowest BCUT2D eigenvalue weighted by Crippen LogP contribution is -2.47. The van der Waals surface area contributed by atoms with Crippen molar-refractivity contribution in [2.45, 2.75) is 38.5 Å². The molecule has 0 atom stereocenters. The van der Waals surface area contributed by atoms with Crippen LogP contribution in [0.4, 0.5) is 10.3 Å². The fourth-order valence-corrected chi connectivity index (χ4v) is 4.64. The van der Waals surface area contributed by atoms with Crippen molar-refractivity contribution in [1.82, 2.24) is 19.9 Å². The quantitative estimate of drug-likeness (QED) is 0.718. The molecule has 1 aromatic carbocycles. The van der Waals surface area contributed by atoms with E-state index in [0.29, 0.717) is 0 Å². The Labute approximate surface area is 171 Å². The van der Waals surface area contributed by atoms with Gasteiger partial charge in [-0.05, 0) is 74.4 Å². The van der Waals surface area contributed by atoms with Crippen LogP contribution in [0.25, 0.3) is 10.9 Å². The second kappa shape index (κ2) is 8.11. The molecule has 0 bridgehead atoms. The summed E-state index contributed by atoms with van der Waals surface area (Å²) in [6.07, 6.45) is 10.9. The zero-order chi connectivity index (χ0) is 19.6. The van der Waals surface area contributed by atoms with Crippen LogP contribution in [0.15, 0.2) is 30.6 Å². The third-order valence-corrected chi connectivity index (χ3v) is 6.36. The zero-order valence-electron chi connectivity index (χ0n) is 16.8. The molecule has 6 heteroatoms. The molecular weight excluding hydrogens is 365 g/mol. The van der Waals surface area contributed by atoms with Gasteiger partial charge < -0.3 is 9.88 Å². The number of H-pyrrole nitrogens is 1. The van der Waals surface area contributed by atoms with Gasteiger partial charge in [-0.1, -0.05) is 0 Å². The molecule has 1 aliphatic carbocycles. The second-order valence-electron chi connectivity index (χ2n) is 8.29. The van der Waals surface area contributed by atoms with Gasteiger partial charge in [0.1, 0.15) is 5.82 Å². The molecule has 0 saturated carbocycles. The van der Waals surface area contributed by atoms with Crippen LogP contribution in [-0.4, -0.2) is 52.6 Å². The summed E-state index contributed by atoms with van der Waals surface area (Å²) in [6.45, 7) is 5.13. The van der Waals surface area contributed by atoms with Gasteiger partial charge in [0.15, 0.2) is 0 Å². The first-order valence-corrected chi connectivity index (χ1v) is 10.8. The minimum atomic E-state index is -0.168. The number of nitrogens with one attached hydrogen (secondary N) is 1. The molecule has 152 valence electrons. The largest absolute Gasteiger partial charge is 0.361 e. The molecule has 1 aliphatic heterocycles. The van der Waals surface area contributed by atoms with E-state index in [-0.39, 0.29) is 5.82 Å². The van der Waals surface area contributed by atoms with Gasteiger partial charge in [-0.2, -0.15) is 0 Å². The lowest BCUT2D eigenvalue weighted by Gasteiger charge is -2.35. The van der Waals surface area contributed by atoms with E-state index in [9.17, 15) is 4.39 Å². The topological polar surface area (TPSA) is 48.1 Å². The Balaban J connectivity index is 1.13. The van der Waals surface area contributed by atoms with Gasteiger partial charge in [0.2, 0.25) is 5.95 Å². The van der Waals surface area contributed by atoms with Crippen LogP contribution in [0.1, 0.15) is 36.1 Å². The fraction of sp³-hybridized carbons (Fsp3) is 0.478. The highest BCUT2D eigenvalue weighted by molar-refractivity contribution is 5.83. The molecule has 3 heterocycles. The molecular formula is C23H28FN5. The Kier molecular flexibility index (Phi) is 5.19. The number of rotatable bonds is 5. The molecule has 0 amide bonds. The predicted octanol–water partition coefficient (Wildman–Crippen LogP) is 3.73. The monoisotopic (exact) mass is 393 g/mol. The molecule has 1 N–H and O–H groups in total. The van der Waals surface area contributed by atoms with Crippen molar-refractivity contribution >= 4 is 16.9 Å². The number of aryl methyl sites for hydroxylation is 3. The lowest BCUT2D eigenvalue weighted by molar-refractivity contribution is 0.254. The Morgan fingerprint density at radius 2 is 1.93 bits per heavy atom. The van der Waals surface area contributed by atoms with Gasteiger partial charge in [0, 0.05) is 55.2 Å². The van der Waals surface area contributed by atoms with Gasteiger partial charge in [0.25, 0.3) is 0 Å². The van der Waals surface area contributed by atoms with Crippen LogP contribution < -0.4 is 4.90 Å². The molecule has 5 rings (SSSR count). The van der Waals surface area contributed by atoms with E-state index >= 15 is 0 Å². The summed E-state index contributed by atoms with van der Waals surface area (Å²) in [5.41, 5.74) is 4.83. The third-order valence-electron chi connectivity index (χ3n) is 6.36. The Morgan fingerprint density at radius 3 is 2.83 bits per heavy atom. The van der Waals surface area contributed by atoms with Gasteiger partial charge in [0.05, 0.1) is 0 Å². The van der Waals surface area contributed by atoms with Crippen molar-refractivity contribution in [2.24, 2.45) is 0 Å². The maximum atomic E-state index is 13.5. The summed E-state index contributed by atoms with van der Waals surface area (Å²) in [5, 5.41) is 1.01. The summed E-state index contributed by atoms with van der Waals surface area (Å²) in [4.78, 5) is 17.6. The minimum Gasteiger partial charge on any atom is -0.361 e. The van der Waals surface area contributed by atoms with E-state index < -0.39 is 0 Å². The van der Waals surface area contributed by atoms with Crippen molar-refractivity contribution in [2.75, 3.05) is 37.6 Å². The molecule has 1 fully saturated rings. The van der Waals surface area contributed by atoms with E-state index in [0.717, 1.165) is 75.3 Å². The smallest absolute Gasteiger partial charge is 0.225 e. The highest BCUT2D eigenvalue weighted by atomic mass is 19.1. The van der Waals surface area contributed by atoms with Crippen LogP contribution in [0.2, 0.25) is 0 Å². The van der Waals surface area contributed by atoms with Crippen LogP contribution in [0.5, 0.6) is 0 Å². The number of aromatic nitrogens is 3. The Morgan fingerprint density at radius 1 is 1.07 bits per heavy atom. The summed E-state index contributed by atoms with van der Waals surface area (Å²) >= 11 is 0. The number of hydrogen-bond donors (Lipinski definition) is 1. The Hall–Kier alpha value is -2.47. The standard InChI is InChI=1S/C23H28FN5/c24-19-7-8-22-20(14-19)17(15-25-22)5-3-9-28-10-12-29(13-11-28)23-26-16-18-4-1-2-6-21(18)27-23/h7-8,14-16,25H,1-6,9-13H2. The van der Waals surface area contributed by atoms with Crippen LogP contribution >= 0.6 is 0 Å². The van der Waals surface area contributed by atoms with Gasteiger partial charge in [-0.25, -0.2) is 14.4 Å². The van der Waals surface area contributed by atoms with Crippen LogP contribution in [0.3, 0.4) is 0 Å². The normalized spacial score (nSPS) is 17.6. The summed E-state index contributed by atoms with van der Waals surface area (Å²) in [5.74, 6) is 0.741. The summed E-state index contributed by atoms with van der Waals surface area (Å²) in [7, 11) is 0. The van der Waals surface area contributed by atoms with E-state index in [4.69, 9.17) is 4.98 Å². The zero-order valence-corrected chi connectivity index (χ0v) is 16.8. The number of piperazine rings is 1. The first-order valence-electron chi connectivity index (χ1n) is 10.8. The van der Waals surface area contributed by atoms with Crippen molar-refractivity contribution in [1.29, 1.82) is 0 Å². The van der Waals surface area contributed by atoms with Crippen molar-refractivity contribution in [3.05, 3.63) is 53.2 Å². The highest BCUT2D eigenvalue weighted by Crippen LogP contribution is 2.22. The van der Waals surface area contributed by atoms with Crippen molar-refractivity contribution < 1.29 is 4.39 Å². The first kappa shape index (κ1) is 18.6. The minimum absolute atomic E-state index is 0.168. The van der Waals surface area contributed by atoms with E-state index in [2.05, 4.69) is 19.8 Å². The number of hydrogen-bond acceptors (Lipinski definition) is 4. The number of fused-ring (bicyclic) bond motifs is 2. The average molecular weight is 394 g/mol. The number of benzene rings is 1. The van der Waals surface area contributed by atoms with Gasteiger partial charge >= 0.3 is 0 Å². The van der Waals surface area contributed by atoms with Crippen LogP contribution in [-0.2, 0) is 19.3 Å².